The van der Waals surface area contributed by atoms with E-state index in [2.05, 4.69) is 32.7 Å². The molecule has 2 amide bonds. The van der Waals surface area contributed by atoms with Crippen LogP contribution in [0.15, 0.2) is 54.9 Å². The molecule has 7 nitrogen and oxygen atoms in total. The lowest BCUT2D eigenvalue weighted by Gasteiger charge is -2.29. The molecule has 0 spiro atoms. The average Bonchev–Trinajstić information content (AvgIpc) is 3.35. The summed E-state index contributed by atoms with van der Waals surface area (Å²) in [5, 5.41) is 12.4. The maximum atomic E-state index is 13.2. The Morgan fingerprint density at radius 3 is 2.79 bits per heavy atom. The van der Waals surface area contributed by atoms with Crippen molar-refractivity contribution in [1.29, 1.82) is 0 Å². The minimum atomic E-state index is -0.327. The van der Waals surface area contributed by atoms with Gasteiger partial charge in [0.05, 0.1) is 18.4 Å². The number of piperazine rings is 1. The number of aromatic amines is 1. The normalized spacial score (nSPS) is 13.1. The summed E-state index contributed by atoms with van der Waals surface area (Å²) < 4.78 is 13.2. The fourth-order valence-corrected chi connectivity index (χ4v) is 3.58. The Morgan fingerprint density at radius 1 is 1.18 bits per heavy atom. The molecular formula is C25H24FN5O2. The van der Waals surface area contributed by atoms with Crippen molar-refractivity contribution in [3.63, 3.8) is 0 Å². The summed E-state index contributed by atoms with van der Waals surface area (Å²) in [6.45, 7) is 1.96. The Hall–Kier alpha value is -4.12. The molecule has 1 aliphatic heterocycles. The zero-order valence-corrected chi connectivity index (χ0v) is 18.0. The van der Waals surface area contributed by atoms with Crippen molar-refractivity contribution in [3.8, 4) is 11.8 Å². The highest BCUT2D eigenvalue weighted by atomic mass is 19.1. The van der Waals surface area contributed by atoms with E-state index in [1.165, 1.54) is 12.1 Å². The summed E-state index contributed by atoms with van der Waals surface area (Å²) in [4.78, 5) is 26.5. The quantitative estimate of drug-likeness (QED) is 0.401. The number of hydrogen-bond acceptors (Lipinski definition) is 4. The van der Waals surface area contributed by atoms with E-state index in [0.29, 0.717) is 36.3 Å². The molecule has 1 saturated heterocycles. The molecule has 1 aliphatic rings. The molecule has 1 aromatic heterocycles. The first-order chi connectivity index (χ1) is 16.1. The number of amides is 2. The predicted molar refractivity (Wildman–Crippen MR) is 123 cm³/mol. The van der Waals surface area contributed by atoms with Crippen LogP contribution in [0.2, 0.25) is 0 Å². The topological polar surface area (TPSA) is 90.1 Å². The van der Waals surface area contributed by atoms with E-state index in [1.54, 1.807) is 30.5 Å². The molecular weight excluding hydrogens is 421 g/mol. The highest BCUT2D eigenvalue weighted by molar-refractivity contribution is 5.95. The Bertz CT molecular complexity index is 1180. The van der Waals surface area contributed by atoms with Gasteiger partial charge in [-0.05, 0) is 60.9 Å². The van der Waals surface area contributed by atoms with Gasteiger partial charge in [0.1, 0.15) is 5.82 Å². The predicted octanol–water partition coefficient (Wildman–Crippen LogP) is 2.25. The number of benzene rings is 2. The number of anilines is 1. The fraction of sp³-hybridized carbons (Fsp3) is 0.240. The number of rotatable bonds is 6. The Kier molecular flexibility index (Phi) is 7.00. The Balaban J connectivity index is 1.52. The van der Waals surface area contributed by atoms with E-state index in [9.17, 15) is 14.0 Å². The number of carbonyl (C=O) groups excluding carboxylic acids is 2. The second kappa shape index (κ2) is 10.5. The summed E-state index contributed by atoms with van der Waals surface area (Å²) in [5.74, 6) is 5.57. The minimum absolute atomic E-state index is 0.0573. The molecule has 4 rings (SSSR count). The summed E-state index contributed by atoms with van der Waals surface area (Å²) in [5.41, 5.74) is 3.67. The molecule has 2 aromatic carbocycles. The van der Waals surface area contributed by atoms with Gasteiger partial charge in [-0.3, -0.25) is 14.7 Å². The molecule has 0 aliphatic carbocycles. The van der Waals surface area contributed by atoms with Crippen LogP contribution in [0.4, 0.5) is 10.1 Å². The van der Waals surface area contributed by atoms with Gasteiger partial charge < -0.3 is 15.5 Å². The number of nitrogens with one attached hydrogen (secondary N) is 3. The lowest BCUT2D eigenvalue weighted by molar-refractivity contribution is -0.120. The van der Waals surface area contributed by atoms with Gasteiger partial charge in [-0.2, -0.15) is 5.10 Å². The SMILES string of the molecule is O=C1CN(c2ccc(C(=O)NCCCc3cn[nH]c3)cc2C#Cc2ccc(F)cc2)CCN1. The molecule has 168 valence electrons. The van der Waals surface area contributed by atoms with Crippen molar-refractivity contribution < 1.29 is 14.0 Å². The van der Waals surface area contributed by atoms with Crippen LogP contribution in [-0.2, 0) is 11.2 Å². The summed E-state index contributed by atoms with van der Waals surface area (Å²) >= 11 is 0. The van der Waals surface area contributed by atoms with Gasteiger partial charge in [0, 0.05) is 42.5 Å². The number of halogens is 1. The van der Waals surface area contributed by atoms with Crippen molar-refractivity contribution in [2.24, 2.45) is 0 Å². The fourth-order valence-electron chi connectivity index (χ4n) is 3.58. The molecule has 33 heavy (non-hydrogen) atoms. The Labute approximate surface area is 191 Å². The third-order valence-corrected chi connectivity index (χ3v) is 5.31. The molecule has 1 fully saturated rings. The molecule has 0 unspecified atom stereocenters. The molecule has 3 N–H and O–H groups in total. The second-order valence-corrected chi connectivity index (χ2v) is 7.73. The summed E-state index contributed by atoms with van der Waals surface area (Å²) in [6.07, 6.45) is 5.23. The lowest BCUT2D eigenvalue weighted by Crippen LogP contribution is -2.48. The lowest BCUT2D eigenvalue weighted by atomic mass is 10.1. The van der Waals surface area contributed by atoms with Gasteiger partial charge >= 0.3 is 0 Å². The van der Waals surface area contributed by atoms with E-state index in [0.717, 1.165) is 24.1 Å². The van der Waals surface area contributed by atoms with E-state index < -0.39 is 0 Å². The smallest absolute Gasteiger partial charge is 0.251 e. The second-order valence-electron chi connectivity index (χ2n) is 7.73. The van der Waals surface area contributed by atoms with Gasteiger partial charge in [-0.25, -0.2) is 4.39 Å². The van der Waals surface area contributed by atoms with Crippen LogP contribution in [-0.4, -0.2) is 48.2 Å². The summed E-state index contributed by atoms with van der Waals surface area (Å²) in [7, 11) is 0. The van der Waals surface area contributed by atoms with Crippen molar-refractivity contribution in [2.75, 3.05) is 31.1 Å². The van der Waals surface area contributed by atoms with Crippen LogP contribution in [0.25, 0.3) is 0 Å². The Morgan fingerprint density at radius 2 is 2.03 bits per heavy atom. The van der Waals surface area contributed by atoms with Crippen molar-refractivity contribution in [3.05, 3.63) is 82.9 Å². The van der Waals surface area contributed by atoms with Crippen LogP contribution in [0.1, 0.15) is 33.5 Å². The van der Waals surface area contributed by atoms with Crippen LogP contribution < -0.4 is 15.5 Å². The first kappa shape index (κ1) is 22.1. The van der Waals surface area contributed by atoms with Gasteiger partial charge in [0.25, 0.3) is 5.91 Å². The first-order valence-corrected chi connectivity index (χ1v) is 10.8. The minimum Gasteiger partial charge on any atom is -0.359 e. The largest absolute Gasteiger partial charge is 0.359 e. The number of aromatic nitrogens is 2. The van der Waals surface area contributed by atoms with Gasteiger partial charge in [0.15, 0.2) is 0 Å². The number of carbonyl (C=O) groups is 2. The maximum absolute atomic E-state index is 13.2. The van der Waals surface area contributed by atoms with Crippen LogP contribution in [0, 0.1) is 17.7 Å². The molecule has 2 heterocycles. The zero-order valence-electron chi connectivity index (χ0n) is 18.0. The number of H-pyrrole nitrogens is 1. The highest BCUT2D eigenvalue weighted by Gasteiger charge is 2.19. The zero-order chi connectivity index (χ0) is 23.0. The van der Waals surface area contributed by atoms with Crippen molar-refractivity contribution >= 4 is 17.5 Å². The van der Waals surface area contributed by atoms with Gasteiger partial charge in [0.2, 0.25) is 5.91 Å². The molecule has 0 bridgehead atoms. The molecule has 8 heteroatoms. The van der Waals surface area contributed by atoms with Gasteiger partial charge in [-0.1, -0.05) is 11.8 Å². The van der Waals surface area contributed by atoms with Crippen LogP contribution in [0.3, 0.4) is 0 Å². The van der Waals surface area contributed by atoms with Gasteiger partial charge in [-0.15, -0.1) is 0 Å². The van der Waals surface area contributed by atoms with Crippen molar-refractivity contribution in [1.82, 2.24) is 20.8 Å². The van der Waals surface area contributed by atoms with Crippen LogP contribution >= 0.6 is 0 Å². The number of aryl methyl sites for hydroxylation is 1. The molecule has 0 atom stereocenters. The molecule has 0 saturated carbocycles. The van der Waals surface area contributed by atoms with E-state index >= 15 is 0 Å². The van der Waals surface area contributed by atoms with Crippen LogP contribution in [0.5, 0.6) is 0 Å². The molecule has 0 radical (unpaired) electrons. The average molecular weight is 445 g/mol. The number of nitrogens with zero attached hydrogens (tertiary/aromatic N) is 2. The number of hydrogen-bond donors (Lipinski definition) is 3. The highest BCUT2D eigenvalue weighted by Crippen LogP contribution is 2.22. The van der Waals surface area contributed by atoms with E-state index in [1.807, 2.05) is 17.2 Å². The van der Waals surface area contributed by atoms with Crippen molar-refractivity contribution in [2.45, 2.75) is 12.8 Å². The van der Waals surface area contributed by atoms with E-state index in [-0.39, 0.29) is 24.2 Å². The standard InChI is InChI=1S/C25H24FN5O2/c26-22-8-4-18(5-9-22)3-6-20-14-21(7-10-23(20)31-13-12-27-24(32)17-31)25(33)28-11-1-2-19-15-29-30-16-19/h4-5,7-10,14-16H,1-2,11-13,17H2,(H,27,32)(H,28,33)(H,29,30). The first-order valence-electron chi connectivity index (χ1n) is 10.8. The monoisotopic (exact) mass is 445 g/mol. The van der Waals surface area contributed by atoms with E-state index in [4.69, 9.17) is 0 Å². The molecule has 3 aromatic rings. The third-order valence-electron chi connectivity index (χ3n) is 5.31. The summed E-state index contributed by atoms with van der Waals surface area (Å²) in [6, 6.07) is 11.2. The maximum Gasteiger partial charge on any atom is 0.251 e. The third kappa shape index (κ3) is 5.98.